The molecule has 2 radical (unpaired) electrons. The third kappa shape index (κ3) is 15.5. The molecule has 0 heterocycles. The molecular formula is C42H32O6Ti. The van der Waals surface area contributed by atoms with E-state index < -0.39 is 0 Å². The summed E-state index contributed by atoms with van der Waals surface area (Å²) in [7, 11) is 0. The summed E-state index contributed by atoms with van der Waals surface area (Å²) in [5, 5.41) is 44.0. The number of hydrogen-bond acceptors (Lipinski definition) is 4. The third-order valence-electron chi connectivity index (χ3n) is 6.24. The van der Waals surface area contributed by atoms with Crippen LogP contribution in [0.25, 0.3) is 11.5 Å². The van der Waals surface area contributed by atoms with Crippen molar-refractivity contribution in [2.24, 2.45) is 0 Å². The third-order valence-corrected chi connectivity index (χ3v) is 6.24. The zero-order valence-corrected chi connectivity index (χ0v) is 28.0. The SMILES string of the molecule is [O-]c1ccccc1.[O-]c1ccccc1.[O]C(=CC(=O)c1ccccc1)c1ccccc1.[O]C(=CC(=O)c1ccccc1)c1ccccc1.[Ti+2]. The van der Waals surface area contributed by atoms with Crippen LogP contribution in [0, 0.1) is 0 Å². The summed E-state index contributed by atoms with van der Waals surface area (Å²) >= 11 is 0. The van der Waals surface area contributed by atoms with Crippen LogP contribution >= 0.6 is 0 Å². The number of benzene rings is 6. The fourth-order valence-electron chi connectivity index (χ4n) is 3.82. The molecule has 0 aliphatic heterocycles. The fourth-order valence-corrected chi connectivity index (χ4v) is 3.82. The van der Waals surface area contributed by atoms with Crippen LogP contribution < -0.4 is 10.2 Å². The Bertz CT molecular complexity index is 1710. The van der Waals surface area contributed by atoms with Crippen molar-refractivity contribution in [3.63, 3.8) is 0 Å². The van der Waals surface area contributed by atoms with Crippen LogP contribution in [-0.4, -0.2) is 11.6 Å². The quantitative estimate of drug-likeness (QED) is 0.0762. The minimum atomic E-state index is -0.264. The first-order chi connectivity index (χ1) is 23.3. The van der Waals surface area contributed by atoms with Gasteiger partial charge in [0.2, 0.25) is 0 Å². The van der Waals surface area contributed by atoms with E-state index in [0.717, 1.165) is 12.2 Å². The molecule has 7 heteroatoms. The second-order valence-electron chi connectivity index (χ2n) is 9.84. The van der Waals surface area contributed by atoms with Gasteiger partial charge in [-0.2, -0.15) is 0 Å². The predicted molar refractivity (Wildman–Crippen MR) is 184 cm³/mol. The van der Waals surface area contributed by atoms with Gasteiger partial charge in [0.15, 0.2) is 23.1 Å². The Labute approximate surface area is 301 Å². The Morgan fingerprint density at radius 3 is 0.755 bits per heavy atom. The van der Waals surface area contributed by atoms with E-state index in [1.165, 1.54) is 24.3 Å². The van der Waals surface area contributed by atoms with Crippen LogP contribution in [0.4, 0.5) is 0 Å². The van der Waals surface area contributed by atoms with Crippen LogP contribution in [0.2, 0.25) is 0 Å². The molecule has 240 valence electrons. The van der Waals surface area contributed by atoms with E-state index in [9.17, 15) is 30.0 Å². The Kier molecular flexibility index (Phi) is 18.1. The normalized spacial score (nSPS) is 10.2. The van der Waals surface area contributed by atoms with E-state index in [1.807, 2.05) is 36.4 Å². The number of carbonyl (C=O) groups is 2. The molecule has 0 fully saturated rings. The van der Waals surface area contributed by atoms with Gasteiger partial charge in [-0.15, -0.1) is 11.5 Å². The first-order valence-electron chi connectivity index (χ1n) is 14.8. The van der Waals surface area contributed by atoms with Crippen molar-refractivity contribution < 1.29 is 51.7 Å². The molecule has 0 unspecified atom stereocenters. The molecule has 0 saturated heterocycles. The molecule has 6 rings (SSSR count). The van der Waals surface area contributed by atoms with E-state index in [2.05, 4.69) is 0 Å². The number of para-hydroxylation sites is 2. The van der Waals surface area contributed by atoms with Crippen LogP contribution in [0.3, 0.4) is 0 Å². The fraction of sp³-hybridized carbons (Fsp3) is 0. The monoisotopic (exact) mass is 680 g/mol. The first-order valence-corrected chi connectivity index (χ1v) is 14.8. The molecule has 0 spiro atoms. The Morgan fingerprint density at radius 1 is 0.347 bits per heavy atom. The zero-order chi connectivity index (χ0) is 34.4. The van der Waals surface area contributed by atoms with Gasteiger partial charge in [0.1, 0.15) is 0 Å². The molecule has 49 heavy (non-hydrogen) atoms. The molecular weight excluding hydrogens is 648 g/mol. The van der Waals surface area contributed by atoms with Crippen LogP contribution in [0.15, 0.2) is 194 Å². The standard InChI is InChI=1S/2C15H11O2.2C6H6O.Ti/c2*16-14(12-7-3-1-4-8-12)11-15(17)13-9-5-2-6-10-13;2*7-6-4-2-1-3-5-6;/h2*1-11H;2*1-5,7H;/q;;;;+2/p-2. The molecule has 0 bridgehead atoms. The number of hydrogen-bond donors (Lipinski definition) is 0. The van der Waals surface area contributed by atoms with Crippen molar-refractivity contribution >= 4 is 23.1 Å². The largest absolute Gasteiger partial charge is 2.00 e. The van der Waals surface area contributed by atoms with E-state index in [4.69, 9.17) is 0 Å². The van der Waals surface area contributed by atoms with Gasteiger partial charge in [0, 0.05) is 34.4 Å². The molecule has 6 aromatic carbocycles. The van der Waals surface area contributed by atoms with Crippen molar-refractivity contribution in [2.75, 3.05) is 0 Å². The summed E-state index contributed by atoms with van der Waals surface area (Å²) in [5.74, 6) is -0.914. The summed E-state index contributed by atoms with van der Waals surface area (Å²) in [5.41, 5.74) is 2.10. The van der Waals surface area contributed by atoms with Crippen molar-refractivity contribution in [3.8, 4) is 11.5 Å². The number of carbonyl (C=O) groups excluding carboxylic acids is 2. The van der Waals surface area contributed by atoms with Gasteiger partial charge in [-0.25, -0.2) is 0 Å². The maximum Gasteiger partial charge on any atom is 2.00 e. The second-order valence-corrected chi connectivity index (χ2v) is 9.84. The molecule has 6 aromatic rings. The van der Waals surface area contributed by atoms with Crippen molar-refractivity contribution in [3.05, 3.63) is 216 Å². The summed E-state index contributed by atoms with van der Waals surface area (Å²) < 4.78 is 0. The van der Waals surface area contributed by atoms with Crippen molar-refractivity contribution in [1.82, 2.24) is 0 Å². The predicted octanol–water partition coefficient (Wildman–Crippen LogP) is 8.20. The molecule has 0 atom stereocenters. The van der Waals surface area contributed by atoms with E-state index in [1.54, 1.807) is 121 Å². The topological polar surface area (TPSA) is 120 Å². The van der Waals surface area contributed by atoms with Crippen molar-refractivity contribution in [2.45, 2.75) is 0 Å². The van der Waals surface area contributed by atoms with Gasteiger partial charge in [-0.05, 0) is 0 Å². The first kappa shape index (κ1) is 39.2. The molecule has 0 aromatic heterocycles. The maximum atomic E-state index is 11.8. The smallest absolute Gasteiger partial charge is 0.872 e. The van der Waals surface area contributed by atoms with Crippen LogP contribution in [0.1, 0.15) is 31.8 Å². The minimum absolute atomic E-state index is 0. The number of ketones is 2. The maximum absolute atomic E-state index is 11.8. The van der Waals surface area contributed by atoms with E-state index in [-0.39, 0.29) is 56.3 Å². The average Bonchev–Trinajstić information content (AvgIpc) is 3.14. The van der Waals surface area contributed by atoms with Gasteiger partial charge in [-0.1, -0.05) is 182 Å². The second kappa shape index (κ2) is 22.6. The number of rotatable bonds is 6. The van der Waals surface area contributed by atoms with Gasteiger partial charge in [-0.3, -0.25) is 19.8 Å². The van der Waals surface area contributed by atoms with Crippen LogP contribution in [-0.2, 0) is 31.9 Å². The molecule has 0 saturated carbocycles. The Balaban J connectivity index is 0.000000243. The van der Waals surface area contributed by atoms with Crippen molar-refractivity contribution in [1.29, 1.82) is 0 Å². The van der Waals surface area contributed by atoms with Crippen LogP contribution in [0.5, 0.6) is 11.5 Å². The molecule has 0 aliphatic carbocycles. The zero-order valence-electron chi connectivity index (χ0n) is 26.4. The number of allylic oxidation sites excluding steroid dienone is 2. The van der Waals surface area contributed by atoms with Gasteiger partial charge >= 0.3 is 21.7 Å². The van der Waals surface area contributed by atoms with Gasteiger partial charge in [0.05, 0.1) is 0 Å². The summed E-state index contributed by atoms with van der Waals surface area (Å²) in [4.78, 5) is 23.5. The van der Waals surface area contributed by atoms with Gasteiger partial charge < -0.3 is 10.2 Å². The van der Waals surface area contributed by atoms with Gasteiger partial charge in [0.25, 0.3) is 0 Å². The van der Waals surface area contributed by atoms with E-state index in [0.29, 0.717) is 22.3 Å². The molecule has 0 aliphatic rings. The van der Waals surface area contributed by atoms with E-state index >= 15 is 0 Å². The molecule has 6 nitrogen and oxygen atoms in total. The average molecular weight is 681 g/mol. The molecule has 0 amide bonds. The summed E-state index contributed by atoms with van der Waals surface area (Å²) in [6.07, 6.45) is 2.26. The molecule has 0 N–H and O–H groups in total. The minimum Gasteiger partial charge on any atom is -0.872 e. The Morgan fingerprint density at radius 2 is 0.551 bits per heavy atom. The summed E-state index contributed by atoms with van der Waals surface area (Å²) in [6, 6.07) is 51.7. The summed E-state index contributed by atoms with van der Waals surface area (Å²) in [6.45, 7) is 0. The Hall–Kier alpha value is -5.95.